The summed E-state index contributed by atoms with van der Waals surface area (Å²) in [5.41, 5.74) is 10.0. The van der Waals surface area contributed by atoms with Crippen LogP contribution in [-0.2, 0) is 9.53 Å². The molecule has 1 aliphatic carbocycles. The van der Waals surface area contributed by atoms with E-state index in [1.165, 1.54) is 0 Å². The summed E-state index contributed by atoms with van der Waals surface area (Å²) in [6, 6.07) is 3.90. The lowest BCUT2D eigenvalue weighted by molar-refractivity contribution is -0.136. The van der Waals surface area contributed by atoms with Crippen molar-refractivity contribution in [1.29, 1.82) is 0 Å². The molecular formula is C15H17N3O2. The van der Waals surface area contributed by atoms with Crippen LogP contribution in [-0.4, -0.2) is 16.0 Å². The average Bonchev–Trinajstić information content (AvgIpc) is 3.23. The highest BCUT2D eigenvalue weighted by Gasteiger charge is 2.32. The van der Waals surface area contributed by atoms with Gasteiger partial charge in [-0.05, 0) is 25.8 Å². The maximum atomic E-state index is 10.6. The maximum Gasteiger partial charge on any atom is 0.295 e. The number of hydrogen-bond donors (Lipinski definition) is 1. The van der Waals surface area contributed by atoms with Gasteiger partial charge in [-0.3, -0.25) is 9.78 Å². The standard InChI is InChI=1S/C15H17N3O2/c1-10(20-9-19)18-8-13(16)14(15(18)11-4-5-11)12-3-2-6-17-7-12/h2-3,6-11H,4-5,16H2,1H3. The number of pyridine rings is 1. The van der Waals surface area contributed by atoms with Gasteiger partial charge in [-0.25, -0.2) is 0 Å². The van der Waals surface area contributed by atoms with E-state index in [4.69, 9.17) is 10.5 Å². The van der Waals surface area contributed by atoms with Gasteiger partial charge >= 0.3 is 0 Å². The topological polar surface area (TPSA) is 70.1 Å². The smallest absolute Gasteiger partial charge is 0.295 e. The predicted octanol–water partition coefficient (Wildman–Crippen LogP) is 2.70. The summed E-state index contributed by atoms with van der Waals surface area (Å²) in [5, 5.41) is 0. The quantitative estimate of drug-likeness (QED) is 0.849. The summed E-state index contributed by atoms with van der Waals surface area (Å²) >= 11 is 0. The number of ether oxygens (including phenoxy) is 1. The minimum absolute atomic E-state index is 0.351. The van der Waals surface area contributed by atoms with Crippen LogP contribution >= 0.6 is 0 Å². The molecule has 5 heteroatoms. The van der Waals surface area contributed by atoms with Gasteiger partial charge < -0.3 is 15.0 Å². The normalized spacial score (nSPS) is 15.8. The van der Waals surface area contributed by atoms with Gasteiger partial charge in [-0.1, -0.05) is 6.07 Å². The van der Waals surface area contributed by atoms with Gasteiger partial charge in [-0.2, -0.15) is 0 Å². The van der Waals surface area contributed by atoms with Crippen LogP contribution in [0.1, 0.15) is 37.6 Å². The molecule has 0 saturated heterocycles. The zero-order valence-electron chi connectivity index (χ0n) is 11.3. The molecule has 1 unspecified atom stereocenters. The Hall–Kier alpha value is -2.30. The van der Waals surface area contributed by atoms with Crippen LogP contribution in [0.25, 0.3) is 11.1 Å². The van der Waals surface area contributed by atoms with Crippen LogP contribution in [0.3, 0.4) is 0 Å². The molecule has 0 spiro atoms. The van der Waals surface area contributed by atoms with Crippen LogP contribution in [0, 0.1) is 0 Å². The summed E-state index contributed by atoms with van der Waals surface area (Å²) in [7, 11) is 0. The molecule has 2 aromatic rings. The third-order valence-corrected chi connectivity index (χ3v) is 3.66. The van der Waals surface area contributed by atoms with Gasteiger partial charge in [0.25, 0.3) is 6.47 Å². The van der Waals surface area contributed by atoms with Crippen LogP contribution in [0.15, 0.2) is 30.7 Å². The van der Waals surface area contributed by atoms with E-state index in [1.807, 2.05) is 36.0 Å². The average molecular weight is 271 g/mol. The number of nitrogen functional groups attached to an aromatic ring is 1. The molecule has 1 fully saturated rings. The van der Waals surface area contributed by atoms with Crippen molar-refractivity contribution in [3.05, 3.63) is 36.4 Å². The van der Waals surface area contributed by atoms with E-state index in [0.717, 1.165) is 29.7 Å². The number of nitrogens with two attached hydrogens (primary N) is 1. The second-order valence-corrected chi connectivity index (χ2v) is 5.10. The summed E-state index contributed by atoms with van der Waals surface area (Å²) in [6.07, 6.45) is 7.34. The Balaban J connectivity index is 2.12. The number of rotatable bonds is 5. The Bertz CT molecular complexity index is 618. The summed E-state index contributed by atoms with van der Waals surface area (Å²) in [5.74, 6) is 0.486. The molecule has 3 rings (SSSR count). The van der Waals surface area contributed by atoms with Crippen molar-refractivity contribution in [2.24, 2.45) is 0 Å². The molecule has 5 nitrogen and oxygen atoms in total. The number of aromatic nitrogens is 2. The molecule has 2 heterocycles. The molecule has 2 aromatic heterocycles. The van der Waals surface area contributed by atoms with Crippen LogP contribution < -0.4 is 5.73 Å². The summed E-state index contributed by atoms with van der Waals surface area (Å²) in [6.45, 7) is 2.31. The fourth-order valence-corrected chi connectivity index (χ4v) is 2.60. The Kier molecular flexibility index (Phi) is 3.18. The molecule has 0 amide bonds. The van der Waals surface area contributed by atoms with E-state index < -0.39 is 0 Å². The molecule has 20 heavy (non-hydrogen) atoms. The van der Waals surface area contributed by atoms with Crippen LogP contribution in [0.5, 0.6) is 0 Å². The highest BCUT2D eigenvalue weighted by atomic mass is 16.5. The first-order valence-electron chi connectivity index (χ1n) is 6.72. The number of anilines is 1. The third-order valence-electron chi connectivity index (χ3n) is 3.66. The van der Waals surface area contributed by atoms with Gasteiger partial charge in [0.1, 0.15) is 0 Å². The second kappa shape index (κ2) is 5.00. The van der Waals surface area contributed by atoms with E-state index in [2.05, 4.69) is 4.98 Å². The van der Waals surface area contributed by atoms with E-state index in [-0.39, 0.29) is 6.23 Å². The lowest BCUT2D eigenvalue weighted by atomic mass is 10.0. The molecule has 1 aliphatic rings. The molecule has 0 aromatic carbocycles. The largest absolute Gasteiger partial charge is 0.444 e. The number of carbonyl (C=O) groups excluding carboxylic acids is 1. The minimum atomic E-state index is -0.351. The first kappa shape index (κ1) is 12.7. The van der Waals surface area contributed by atoms with Crippen molar-refractivity contribution in [2.45, 2.75) is 31.9 Å². The first-order chi connectivity index (χ1) is 9.72. The van der Waals surface area contributed by atoms with Gasteiger partial charge in [-0.15, -0.1) is 0 Å². The second-order valence-electron chi connectivity index (χ2n) is 5.10. The van der Waals surface area contributed by atoms with Crippen molar-refractivity contribution in [3.63, 3.8) is 0 Å². The number of hydrogen-bond acceptors (Lipinski definition) is 4. The predicted molar refractivity (Wildman–Crippen MR) is 75.9 cm³/mol. The molecular weight excluding hydrogens is 254 g/mol. The summed E-state index contributed by atoms with van der Waals surface area (Å²) < 4.78 is 7.02. The highest BCUT2D eigenvalue weighted by molar-refractivity contribution is 5.79. The lowest BCUT2D eigenvalue weighted by Gasteiger charge is -2.16. The van der Waals surface area contributed by atoms with Gasteiger partial charge in [0.15, 0.2) is 6.23 Å². The Morgan fingerprint density at radius 1 is 1.55 bits per heavy atom. The van der Waals surface area contributed by atoms with E-state index in [9.17, 15) is 4.79 Å². The zero-order chi connectivity index (χ0) is 14.1. The first-order valence-corrected chi connectivity index (χ1v) is 6.72. The Morgan fingerprint density at radius 2 is 2.35 bits per heavy atom. The van der Waals surface area contributed by atoms with Crippen molar-refractivity contribution >= 4 is 12.2 Å². The van der Waals surface area contributed by atoms with Crippen molar-refractivity contribution in [1.82, 2.24) is 9.55 Å². The Labute approximate surface area is 117 Å². The third kappa shape index (κ3) is 2.15. The van der Waals surface area contributed by atoms with Gasteiger partial charge in [0, 0.05) is 41.3 Å². The molecule has 104 valence electrons. The summed E-state index contributed by atoms with van der Waals surface area (Å²) in [4.78, 5) is 14.7. The van der Waals surface area contributed by atoms with E-state index in [1.54, 1.807) is 6.20 Å². The highest BCUT2D eigenvalue weighted by Crippen LogP contribution is 2.48. The van der Waals surface area contributed by atoms with Crippen LogP contribution in [0.2, 0.25) is 0 Å². The van der Waals surface area contributed by atoms with Crippen molar-refractivity contribution in [2.75, 3.05) is 5.73 Å². The zero-order valence-corrected chi connectivity index (χ0v) is 11.3. The molecule has 2 N–H and O–H groups in total. The molecule has 0 aliphatic heterocycles. The van der Waals surface area contributed by atoms with E-state index in [0.29, 0.717) is 18.1 Å². The van der Waals surface area contributed by atoms with Crippen molar-refractivity contribution < 1.29 is 9.53 Å². The number of carbonyl (C=O) groups is 1. The fourth-order valence-electron chi connectivity index (χ4n) is 2.60. The molecule has 1 saturated carbocycles. The monoisotopic (exact) mass is 271 g/mol. The van der Waals surface area contributed by atoms with Gasteiger partial charge in [0.2, 0.25) is 0 Å². The lowest BCUT2D eigenvalue weighted by Crippen LogP contribution is -2.10. The SMILES string of the molecule is CC(OC=O)n1cc(N)c(-c2cccnc2)c1C1CC1. The van der Waals surface area contributed by atoms with Crippen LogP contribution in [0.4, 0.5) is 5.69 Å². The number of nitrogens with zero attached hydrogens (tertiary/aromatic N) is 2. The molecule has 0 bridgehead atoms. The van der Waals surface area contributed by atoms with Crippen molar-refractivity contribution in [3.8, 4) is 11.1 Å². The maximum absolute atomic E-state index is 10.6. The minimum Gasteiger partial charge on any atom is -0.444 e. The molecule has 1 atom stereocenters. The molecule has 0 radical (unpaired) electrons. The fraction of sp³-hybridized carbons (Fsp3) is 0.333. The Morgan fingerprint density at radius 3 is 2.95 bits per heavy atom. The van der Waals surface area contributed by atoms with Gasteiger partial charge in [0.05, 0.1) is 5.69 Å². The van der Waals surface area contributed by atoms with E-state index >= 15 is 0 Å².